The number of hydrogen-bond donors (Lipinski definition) is 0. The number of nitrogens with zero attached hydrogens (tertiary/aromatic N) is 2. The smallest absolute Gasteiger partial charge is 0.200 e. The third kappa shape index (κ3) is 3.85. The fourth-order valence-corrected chi connectivity index (χ4v) is 1.73. The molecule has 0 saturated carbocycles. The second-order valence-corrected chi connectivity index (χ2v) is 4.63. The molecule has 0 aromatic rings. The highest BCUT2D eigenvalue weighted by Crippen LogP contribution is 2.20. The Hall–Kier alpha value is 0.370. The van der Waals surface area contributed by atoms with Gasteiger partial charge in [0.2, 0.25) is 0 Å². The van der Waals surface area contributed by atoms with Crippen LogP contribution in [0.4, 0.5) is 0 Å². The van der Waals surface area contributed by atoms with Crippen LogP contribution in [0.1, 0.15) is 19.3 Å². The second kappa shape index (κ2) is 6.06. The summed E-state index contributed by atoms with van der Waals surface area (Å²) in [6, 6.07) is 0. The zero-order valence-electron chi connectivity index (χ0n) is 7.44. The van der Waals surface area contributed by atoms with Crippen LogP contribution in [0.3, 0.4) is 0 Å². The molecule has 14 heavy (non-hydrogen) atoms. The van der Waals surface area contributed by atoms with Crippen LogP contribution in [0.5, 0.6) is 0 Å². The van der Waals surface area contributed by atoms with Gasteiger partial charge in [-0.3, -0.25) is 0 Å². The summed E-state index contributed by atoms with van der Waals surface area (Å²) in [5.74, 6) is 0. The van der Waals surface area contributed by atoms with E-state index in [2.05, 4.69) is 4.99 Å². The Kier molecular flexibility index (Phi) is 5.39. The standard InChI is InChI=1S/C8H10Cl4N2/c9-6(10)7(11)13-8(12)14-4-2-1-3-5-14/h1-5H2/b13-8+. The predicted molar refractivity (Wildman–Crippen MR) is 63.3 cm³/mol. The highest BCUT2D eigenvalue weighted by molar-refractivity contribution is 6.65. The van der Waals surface area contributed by atoms with Gasteiger partial charge in [0.25, 0.3) is 0 Å². The van der Waals surface area contributed by atoms with E-state index >= 15 is 0 Å². The Bertz CT molecular complexity index is 252. The van der Waals surface area contributed by atoms with Gasteiger partial charge in [0.1, 0.15) is 4.49 Å². The van der Waals surface area contributed by atoms with Crippen LogP contribution in [0.15, 0.2) is 14.6 Å². The maximum Gasteiger partial charge on any atom is 0.200 e. The van der Waals surface area contributed by atoms with Crippen LogP contribution >= 0.6 is 46.4 Å². The van der Waals surface area contributed by atoms with E-state index in [9.17, 15) is 0 Å². The van der Waals surface area contributed by atoms with E-state index in [0.29, 0.717) is 5.29 Å². The van der Waals surface area contributed by atoms with Gasteiger partial charge in [0, 0.05) is 13.1 Å². The lowest BCUT2D eigenvalue weighted by Gasteiger charge is -2.26. The van der Waals surface area contributed by atoms with Gasteiger partial charge < -0.3 is 4.90 Å². The number of aliphatic imine (C=N–C) groups is 1. The summed E-state index contributed by atoms with van der Waals surface area (Å²) < 4.78 is -0.0678. The van der Waals surface area contributed by atoms with Crippen LogP contribution in [0, 0.1) is 0 Å². The van der Waals surface area contributed by atoms with E-state index in [1.54, 1.807) is 0 Å². The molecule has 1 aliphatic heterocycles. The van der Waals surface area contributed by atoms with Gasteiger partial charge in [-0.25, -0.2) is 4.99 Å². The fourth-order valence-electron chi connectivity index (χ4n) is 1.27. The number of rotatable bonds is 1. The Labute approximate surface area is 103 Å². The Balaban J connectivity index is 2.63. The molecule has 0 N–H and O–H groups in total. The highest BCUT2D eigenvalue weighted by Gasteiger charge is 2.13. The van der Waals surface area contributed by atoms with Crippen LogP contribution in [-0.4, -0.2) is 23.3 Å². The molecule has 2 nitrogen and oxygen atoms in total. The summed E-state index contributed by atoms with van der Waals surface area (Å²) in [6.45, 7) is 1.82. The Morgan fingerprint density at radius 2 is 1.50 bits per heavy atom. The maximum atomic E-state index is 5.94. The summed E-state index contributed by atoms with van der Waals surface area (Å²) >= 11 is 22.5. The first-order valence-electron chi connectivity index (χ1n) is 4.31. The third-order valence-corrected chi connectivity index (χ3v) is 3.11. The lowest BCUT2D eigenvalue weighted by atomic mass is 10.1. The van der Waals surface area contributed by atoms with E-state index in [1.807, 2.05) is 4.90 Å². The van der Waals surface area contributed by atoms with Gasteiger partial charge in [-0.05, 0) is 30.9 Å². The van der Waals surface area contributed by atoms with Gasteiger partial charge in [0.15, 0.2) is 10.5 Å². The zero-order valence-corrected chi connectivity index (χ0v) is 10.5. The molecule has 0 radical (unpaired) electrons. The Morgan fingerprint density at radius 3 is 2.00 bits per heavy atom. The summed E-state index contributed by atoms with van der Waals surface area (Å²) in [6.07, 6.45) is 3.49. The Morgan fingerprint density at radius 1 is 0.929 bits per heavy atom. The monoisotopic (exact) mass is 274 g/mol. The first kappa shape index (κ1) is 12.4. The molecule has 0 atom stereocenters. The predicted octanol–water partition coefficient (Wildman–Crippen LogP) is 3.91. The summed E-state index contributed by atoms with van der Waals surface area (Å²) in [7, 11) is 0. The van der Waals surface area contributed by atoms with E-state index in [1.165, 1.54) is 6.42 Å². The fraction of sp³-hybridized carbons (Fsp3) is 0.625. The van der Waals surface area contributed by atoms with Gasteiger partial charge in [-0.15, -0.1) is 0 Å². The molecule has 1 rings (SSSR count). The quantitative estimate of drug-likeness (QED) is 0.402. The van der Waals surface area contributed by atoms with Gasteiger partial charge in [0.05, 0.1) is 0 Å². The molecule has 0 unspecified atom stereocenters. The van der Waals surface area contributed by atoms with Crippen molar-refractivity contribution in [3.05, 3.63) is 9.65 Å². The van der Waals surface area contributed by atoms with Gasteiger partial charge >= 0.3 is 0 Å². The lowest BCUT2D eigenvalue weighted by molar-refractivity contribution is 0.347. The molecule has 1 aliphatic rings. The summed E-state index contributed by atoms with van der Waals surface area (Å²) in [5, 5.41) is 0.386. The molecule has 1 saturated heterocycles. The normalized spacial score (nSPS) is 18.3. The average molecular weight is 276 g/mol. The highest BCUT2D eigenvalue weighted by atomic mass is 35.5. The number of likely N-dealkylation sites (tertiary alicyclic amines) is 1. The number of halogens is 4. The molecule has 1 heterocycles. The largest absolute Gasteiger partial charge is 0.347 e. The first-order chi connectivity index (χ1) is 6.61. The molecule has 0 amide bonds. The maximum absolute atomic E-state index is 5.94. The molecule has 6 heteroatoms. The summed E-state index contributed by atoms with van der Waals surface area (Å²) in [4.78, 5) is 5.85. The van der Waals surface area contributed by atoms with Crippen molar-refractivity contribution >= 4 is 51.7 Å². The molecule has 1 fully saturated rings. The number of hydrogen-bond acceptors (Lipinski definition) is 1. The molecule has 0 bridgehead atoms. The molecule has 0 spiro atoms. The zero-order chi connectivity index (χ0) is 10.6. The number of piperidine rings is 1. The lowest BCUT2D eigenvalue weighted by Crippen LogP contribution is -2.32. The van der Waals surface area contributed by atoms with E-state index in [0.717, 1.165) is 25.9 Å². The minimum atomic E-state index is -0.0678. The second-order valence-electron chi connectivity index (χ2n) is 2.98. The van der Waals surface area contributed by atoms with Crippen molar-refractivity contribution < 1.29 is 0 Å². The van der Waals surface area contributed by atoms with E-state index in [4.69, 9.17) is 46.4 Å². The van der Waals surface area contributed by atoms with Crippen LogP contribution < -0.4 is 0 Å². The summed E-state index contributed by atoms with van der Waals surface area (Å²) in [5.41, 5.74) is 0. The SMILES string of the molecule is ClC(Cl)=C(Cl)/N=C(\Cl)N1CCCCC1. The van der Waals surface area contributed by atoms with E-state index in [-0.39, 0.29) is 9.65 Å². The minimum absolute atomic E-state index is 0.0314. The van der Waals surface area contributed by atoms with Crippen molar-refractivity contribution in [1.29, 1.82) is 0 Å². The number of amidine groups is 1. The van der Waals surface area contributed by atoms with Gasteiger partial charge in [-0.1, -0.05) is 34.8 Å². The van der Waals surface area contributed by atoms with Crippen molar-refractivity contribution in [2.75, 3.05) is 13.1 Å². The van der Waals surface area contributed by atoms with Crippen LogP contribution in [0.25, 0.3) is 0 Å². The molecule has 0 aliphatic carbocycles. The molecular weight excluding hydrogens is 266 g/mol. The molecule has 80 valence electrons. The van der Waals surface area contributed by atoms with Crippen LogP contribution in [-0.2, 0) is 0 Å². The van der Waals surface area contributed by atoms with Crippen molar-refractivity contribution in [1.82, 2.24) is 4.90 Å². The van der Waals surface area contributed by atoms with Crippen LogP contribution in [0.2, 0.25) is 0 Å². The topological polar surface area (TPSA) is 15.6 Å². The van der Waals surface area contributed by atoms with Crippen molar-refractivity contribution in [3.8, 4) is 0 Å². The minimum Gasteiger partial charge on any atom is -0.347 e. The van der Waals surface area contributed by atoms with E-state index < -0.39 is 0 Å². The van der Waals surface area contributed by atoms with Crippen molar-refractivity contribution in [2.24, 2.45) is 4.99 Å². The first-order valence-corrected chi connectivity index (χ1v) is 5.82. The molecule has 0 aromatic heterocycles. The van der Waals surface area contributed by atoms with Crippen molar-refractivity contribution in [3.63, 3.8) is 0 Å². The average Bonchev–Trinajstić information content (AvgIpc) is 2.19. The van der Waals surface area contributed by atoms with Crippen molar-refractivity contribution in [2.45, 2.75) is 19.3 Å². The van der Waals surface area contributed by atoms with Gasteiger partial charge in [-0.2, -0.15) is 0 Å². The third-order valence-electron chi connectivity index (χ3n) is 1.96. The molecule has 0 aromatic carbocycles. The molecular formula is C8H10Cl4N2.